The van der Waals surface area contributed by atoms with Crippen molar-refractivity contribution in [1.29, 1.82) is 0 Å². The molecule has 0 heterocycles. The Kier molecular flexibility index (Phi) is 5.15. The van der Waals surface area contributed by atoms with Crippen LogP contribution in [0.2, 0.25) is 0 Å². The fourth-order valence-corrected chi connectivity index (χ4v) is 2.78. The molecule has 0 atom stereocenters. The monoisotopic (exact) mass is 295 g/mol. The van der Waals surface area contributed by atoms with E-state index in [1.54, 1.807) is 7.05 Å². The molecule has 1 aromatic carbocycles. The van der Waals surface area contributed by atoms with Crippen LogP contribution in [0.4, 0.5) is 8.78 Å². The van der Waals surface area contributed by atoms with E-state index in [9.17, 15) is 8.78 Å². The lowest BCUT2D eigenvalue weighted by Gasteiger charge is -2.25. The third-order valence-electron chi connectivity index (χ3n) is 4.17. The number of hydrogen-bond donors (Lipinski definition) is 2. The predicted octanol–water partition coefficient (Wildman–Crippen LogP) is 3.21. The van der Waals surface area contributed by atoms with E-state index in [0.29, 0.717) is 16.9 Å². The molecule has 2 rings (SSSR count). The summed E-state index contributed by atoms with van der Waals surface area (Å²) < 4.78 is 26.7. The SMILES string of the molecule is CN=C(NCc1cc(F)ccc1F)NCC1(C)CCCC1. The predicted molar refractivity (Wildman–Crippen MR) is 81.1 cm³/mol. The molecule has 0 spiro atoms. The lowest BCUT2D eigenvalue weighted by molar-refractivity contribution is 0.334. The minimum absolute atomic E-state index is 0.208. The second kappa shape index (κ2) is 6.87. The van der Waals surface area contributed by atoms with Gasteiger partial charge >= 0.3 is 0 Å². The summed E-state index contributed by atoms with van der Waals surface area (Å²) in [4.78, 5) is 4.13. The van der Waals surface area contributed by atoms with Gasteiger partial charge in [-0.1, -0.05) is 19.8 Å². The molecule has 1 aliphatic carbocycles. The molecule has 0 unspecified atom stereocenters. The van der Waals surface area contributed by atoms with Crippen LogP contribution in [0.1, 0.15) is 38.2 Å². The zero-order valence-corrected chi connectivity index (χ0v) is 12.7. The van der Waals surface area contributed by atoms with Crippen molar-refractivity contribution < 1.29 is 8.78 Å². The van der Waals surface area contributed by atoms with Crippen molar-refractivity contribution in [3.8, 4) is 0 Å². The molecule has 3 nitrogen and oxygen atoms in total. The van der Waals surface area contributed by atoms with E-state index in [2.05, 4.69) is 22.5 Å². The van der Waals surface area contributed by atoms with Crippen LogP contribution >= 0.6 is 0 Å². The Morgan fingerprint density at radius 3 is 2.62 bits per heavy atom. The maximum atomic E-state index is 13.5. The van der Waals surface area contributed by atoms with Gasteiger partial charge in [-0.05, 0) is 36.5 Å². The van der Waals surface area contributed by atoms with Crippen molar-refractivity contribution in [2.24, 2.45) is 10.4 Å². The molecule has 1 saturated carbocycles. The van der Waals surface area contributed by atoms with E-state index in [0.717, 1.165) is 18.7 Å². The van der Waals surface area contributed by atoms with Gasteiger partial charge in [0.1, 0.15) is 11.6 Å². The minimum atomic E-state index is -0.436. The molecule has 2 N–H and O–H groups in total. The summed E-state index contributed by atoms with van der Waals surface area (Å²) in [6, 6.07) is 3.46. The quantitative estimate of drug-likeness (QED) is 0.661. The standard InChI is InChI=1S/C16H23F2N3/c1-16(7-3-4-8-16)11-21-15(19-2)20-10-12-9-13(17)5-6-14(12)18/h5-6,9H,3-4,7-8,10-11H2,1-2H3,(H2,19,20,21). The Morgan fingerprint density at radius 2 is 1.95 bits per heavy atom. The summed E-state index contributed by atoms with van der Waals surface area (Å²) in [6.45, 7) is 3.32. The smallest absolute Gasteiger partial charge is 0.191 e. The fourth-order valence-electron chi connectivity index (χ4n) is 2.78. The Bertz CT molecular complexity index is 508. The number of hydrogen-bond acceptors (Lipinski definition) is 1. The fraction of sp³-hybridized carbons (Fsp3) is 0.562. The van der Waals surface area contributed by atoms with Crippen molar-refractivity contribution in [2.45, 2.75) is 39.2 Å². The summed E-state index contributed by atoms with van der Waals surface area (Å²) in [7, 11) is 1.67. The molecule has 0 radical (unpaired) electrons. The molecule has 5 heteroatoms. The van der Waals surface area contributed by atoms with Crippen molar-refractivity contribution in [3.05, 3.63) is 35.4 Å². The van der Waals surface area contributed by atoms with E-state index in [1.165, 1.54) is 31.7 Å². The van der Waals surface area contributed by atoms with Crippen LogP contribution in [0.3, 0.4) is 0 Å². The van der Waals surface area contributed by atoms with E-state index < -0.39 is 11.6 Å². The topological polar surface area (TPSA) is 36.4 Å². The van der Waals surface area contributed by atoms with Crippen LogP contribution in [0.15, 0.2) is 23.2 Å². The van der Waals surface area contributed by atoms with Gasteiger partial charge < -0.3 is 10.6 Å². The largest absolute Gasteiger partial charge is 0.356 e. The van der Waals surface area contributed by atoms with Crippen molar-refractivity contribution in [3.63, 3.8) is 0 Å². The lowest BCUT2D eigenvalue weighted by Crippen LogP contribution is -2.41. The molecular weight excluding hydrogens is 272 g/mol. The summed E-state index contributed by atoms with van der Waals surface area (Å²) in [5.41, 5.74) is 0.604. The Morgan fingerprint density at radius 1 is 1.24 bits per heavy atom. The molecule has 1 aromatic rings. The first-order chi connectivity index (χ1) is 10.0. The zero-order chi connectivity index (χ0) is 15.3. The number of benzene rings is 1. The third kappa shape index (κ3) is 4.41. The van der Waals surface area contributed by atoms with E-state index in [1.807, 2.05) is 0 Å². The number of aliphatic imine (C=N–C) groups is 1. The highest BCUT2D eigenvalue weighted by Crippen LogP contribution is 2.36. The second-order valence-electron chi connectivity index (χ2n) is 6.03. The third-order valence-corrected chi connectivity index (χ3v) is 4.17. The van der Waals surface area contributed by atoms with E-state index in [4.69, 9.17) is 0 Å². The van der Waals surface area contributed by atoms with Crippen molar-refractivity contribution >= 4 is 5.96 Å². The molecule has 0 aliphatic heterocycles. The highest BCUT2D eigenvalue weighted by Gasteiger charge is 2.28. The first-order valence-electron chi connectivity index (χ1n) is 7.41. The highest BCUT2D eigenvalue weighted by atomic mass is 19.1. The molecule has 1 fully saturated rings. The maximum absolute atomic E-state index is 13.5. The number of nitrogens with one attached hydrogen (secondary N) is 2. The summed E-state index contributed by atoms with van der Waals surface area (Å²) in [5, 5.41) is 6.31. The average Bonchev–Trinajstić information content (AvgIpc) is 2.90. The van der Waals surface area contributed by atoms with Gasteiger partial charge in [0.25, 0.3) is 0 Å². The normalized spacial score (nSPS) is 17.8. The van der Waals surface area contributed by atoms with Crippen LogP contribution in [-0.2, 0) is 6.54 Å². The van der Waals surface area contributed by atoms with Crippen LogP contribution in [0, 0.1) is 17.0 Å². The van der Waals surface area contributed by atoms with Gasteiger partial charge in [0.2, 0.25) is 0 Å². The highest BCUT2D eigenvalue weighted by molar-refractivity contribution is 5.79. The van der Waals surface area contributed by atoms with Crippen molar-refractivity contribution in [2.75, 3.05) is 13.6 Å². The van der Waals surface area contributed by atoms with Gasteiger partial charge in [-0.2, -0.15) is 0 Å². The number of halogens is 2. The molecule has 1 aliphatic rings. The van der Waals surface area contributed by atoms with Crippen LogP contribution in [0.25, 0.3) is 0 Å². The first-order valence-corrected chi connectivity index (χ1v) is 7.41. The van der Waals surface area contributed by atoms with Crippen molar-refractivity contribution in [1.82, 2.24) is 10.6 Å². The molecule has 0 aromatic heterocycles. The Hall–Kier alpha value is -1.65. The van der Waals surface area contributed by atoms with Gasteiger partial charge in [0, 0.05) is 25.7 Å². The minimum Gasteiger partial charge on any atom is -0.356 e. The zero-order valence-electron chi connectivity index (χ0n) is 12.7. The maximum Gasteiger partial charge on any atom is 0.191 e. The second-order valence-corrected chi connectivity index (χ2v) is 6.03. The van der Waals surface area contributed by atoms with Crippen LogP contribution < -0.4 is 10.6 Å². The molecule has 21 heavy (non-hydrogen) atoms. The average molecular weight is 295 g/mol. The molecular formula is C16H23F2N3. The van der Waals surface area contributed by atoms with Gasteiger partial charge in [0.05, 0.1) is 0 Å². The molecule has 0 bridgehead atoms. The Balaban J connectivity index is 1.86. The molecule has 116 valence electrons. The first kappa shape index (κ1) is 15.7. The van der Waals surface area contributed by atoms with Gasteiger partial charge in [-0.3, -0.25) is 4.99 Å². The summed E-state index contributed by atoms with van der Waals surface area (Å²) >= 11 is 0. The van der Waals surface area contributed by atoms with Gasteiger partial charge in [-0.15, -0.1) is 0 Å². The lowest BCUT2D eigenvalue weighted by atomic mass is 9.89. The van der Waals surface area contributed by atoms with Gasteiger partial charge in [-0.25, -0.2) is 8.78 Å². The van der Waals surface area contributed by atoms with E-state index in [-0.39, 0.29) is 6.54 Å². The van der Waals surface area contributed by atoms with Gasteiger partial charge in [0.15, 0.2) is 5.96 Å². The number of nitrogens with zero attached hydrogens (tertiary/aromatic N) is 1. The summed E-state index contributed by atoms with van der Waals surface area (Å²) in [5.74, 6) is -0.233. The number of guanidine groups is 1. The van der Waals surface area contributed by atoms with Crippen LogP contribution in [0.5, 0.6) is 0 Å². The van der Waals surface area contributed by atoms with Crippen LogP contribution in [-0.4, -0.2) is 19.6 Å². The van der Waals surface area contributed by atoms with E-state index >= 15 is 0 Å². The summed E-state index contributed by atoms with van der Waals surface area (Å²) in [6.07, 6.45) is 4.99. The number of rotatable bonds is 4. The molecule has 0 amide bonds. The molecule has 0 saturated heterocycles. The Labute approximate surface area is 124 Å².